The molecule has 0 atom stereocenters. The molecule has 1 aliphatic heterocycles. The second-order valence-electron chi connectivity index (χ2n) is 4.34. The molecule has 1 aromatic rings. The summed E-state index contributed by atoms with van der Waals surface area (Å²) in [5.74, 6) is 4.08. The van der Waals surface area contributed by atoms with Crippen molar-refractivity contribution in [2.24, 2.45) is 5.84 Å². The summed E-state index contributed by atoms with van der Waals surface area (Å²) < 4.78 is 13.7. The number of rotatable bonds is 3. The Morgan fingerprint density at radius 3 is 3.00 bits per heavy atom. The van der Waals surface area contributed by atoms with Crippen LogP contribution in [0, 0.1) is 5.82 Å². The second kappa shape index (κ2) is 5.77. The zero-order chi connectivity index (χ0) is 13.8. The quantitative estimate of drug-likeness (QED) is 0.386. The van der Waals surface area contributed by atoms with Gasteiger partial charge < -0.3 is 5.32 Å². The number of amides is 2. The van der Waals surface area contributed by atoms with Crippen molar-refractivity contribution in [1.29, 1.82) is 0 Å². The summed E-state index contributed by atoms with van der Waals surface area (Å²) >= 11 is 0. The van der Waals surface area contributed by atoms with E-state index in [1.54, 1.807) is 0 Å². The average Bonchev–Trinajstić information content (AvgIpc) is 2.40. The molecule has 1 heterocycles. The number of benzene rings is 1. The molecule has 0 radical (unpaired) electrons. The Bertz CT molecular complexity index is 507. The maximum Gasteiger partial charge on any atom is 0.265 e. The first-order chi connectivity index (χ1) is 9.10. The van der Waals surface area contributed by atoms with E-state index in [1.807, 2.05) is 10.3 Å². The third-order valence-corrected chi connectivity index (χ3v) is 2.95. The van der Waals surface area contributed by atoms with Crippen molar-refractivity contribution in [3.8, 4) is 0 Å². The molecule has 102 valence electrons. The minimum absolute atomic E-state index is 0.0810. The van der Waals surface area contributed by atoms with Gasteiger partial charge in [-0.3, -0.25) is 19.9 Å². The van der Waals surface area contributed by atoms with E-state index in [4.69, 9.17) is 5.84 Å². The first-order valence-electron chi connectivity index (χ1n) is 5.88. The van der Waals surface area contributed by atoms with Crippen LogP contribution in [0.3, 0.4) is 0 Å². The Morgan fingerprint density at radius 1 is 1.53 bits per heavy atom. The Labute approximate surface area is 109 Å². The summed E-state index contributed by atoms with van der Waals surface area (Å²) in [7, 11) is 0. The monoisotopic (exact) mass is 266 g/mol. The number of hydrazine groups is 1. The highest BCUT2D eigenvalue weighted by Crippen LogP contribution is 2.13. The highest BCUT2D eigenvalue weighted by atomic mass is 19.1. The number of nitrogen functional groups attached to an aromatic ring is 1. The van der Waals surface area contributed by atoms with Crippen LogP contribution >= 0.6 is 0 Å². The molecule has 1 aromatic carbocycles. The van der Waals surface area contributed by atoms with Crippen molar-refractivity contribution in [2.75, 3.05) is 19.6 Å². The molecule has 0 aliphatic carbocycles. The minimum Gasteiger partial charge on any atom is -0.354 e. The number of carbonyl (C=O) groups excluding carboxylic acids is 2. The molecule has 0 unspecified atom stereocenters. The number of nitrogens with one attached hydrogen (secondary N) is 2. The molecule has 2 rings (SSSR count). The molecule has 1 fully saturated rings. The molecule has 7 heteroatoms. The molecule has 19 heavy (non-hydrogen) atoms. The topological polar surface area (TPSA) is 87.5 Å². The van der Waals surface area contributed by atoms with Crippen LogP contribution in [0.15, 0.2) is 18.2 Å². The van der Waals surface area contributed by atoms with Crippen molar-refractivity contribution in [2.45, 2.75) is 6.54 Å². The van der Waals surface area contributed by atoms with Crippen molar-refractivity contribution in [3.05, 3.63) is 35.1 Å². The van der Waals surface area contributed by atoms with Gasteiger partial charge in [-0.25, -0.2) is 10.2 Å². The molecular formula is C12H15FN4O2. The number of nitrogens with zero attached hydrogens (tertiary/aromatic N) is 1. The first-order valence-corrected chi connectivity index (χ1v) is 5.88. The molecular weight excluding hydrogens is 251 g/mol. The van der Waals surface area contributed by atoms with Crippen molar-refractivity contribution in [1.82, 2.24) is 15.6 Å². The number of hydrogen-bond donors (Lipinski definition) is 3. The number of carbonyl (C=O) groups is 2. The minimum atomic E-state index is -0.474. The van der Waals surface area contributed by atoms with Crippen LogP contribution in [0.4, 0.5) is 4.39 Å². The lowest BCUT2D eigenvalue weighted by molar-refractivity contribution is -0.124. The van der Waals surface area contributed by atoms with Gasteiger partial charge in [0.15, 0.2) is 0 Å². The standard InChI is InChI=1S/C12H15FN4O2/c13-10-2-1-8(12(19)16-14)5-9(10)6-17-4-3-15-11(18)7-17/h1-2,5H,3-4,6-7,14H2,(H,15,18)(H,16,19). The Hall–Kier alpha value is -1.99. The zero-order valence-corrected chi connectivity index (χ0v) is 10.3. The van der Waals surface area contributed by atoms with Gasteiger partial charge in [-0.1, -0.05) is 0 Å². The summed E-state index contributed by atoms with van der Waals surface area (Å²) in [6, 6.07) is 4.04. The lowest BCUT2D eigenvalue weighted by Gasteiger charge is -2.26. The third kappa shape index (κ3) is 3.27. The van der Waals surface area contributed by atoms with Gasteiger partial charge in [0, 0.05) is 30.8 Å². The van der Waals surface area contributed by atoms with Gasteiger partial charge in [-0.15, -0.1) is 0 Å². The van der Waals surface area contributed by atoms with Gasteiger partial charge >= 0.3 is 0 Å². The van der Waals surface area contributed by atoms with Gasteiger partial charge in [-0.05, 0) is 18.2 Å². The molecule has 0 spiro atoms. The normalized spacial score (nSPS) is 16.0. The van der Waals surface area contributed by atoms with E-state index < -0.39 is 11.7 Å². The molecule has 0 bridgehead atoms. The molecule has 0 aromatic heterocycles. The van der Waals surface area contributed by atoms with E-state index in [0.717, 1.165) is 0 Å². The maximum atomic E-state index is 13.7. The van der Waals surface area contributed by atoms with E-state index in [1.165, 1.54) is 18.2 Å². The molecule has 1 saturated heterocycles. The van der Waals surface area contributed by atoms with Crippen LogP contribution in [0.25, 0.3) is 0 Å². The predicted molar refractivity (Wildman–Crippen MR) is 66.3 cm³/mol. The zero-order valence-electron chi connectivity index (χ0n) is 10.3. The molecule has 6 nitrogen and oxygen atoms in total. The fourth-order valence-electron chi connectivity index (χ4n) is 1.99. The van der Waals surface area contributed by atoms with Crippen molar-refractivity contribution < 1.29 is 14.0 Å². The Balaban J connectivity index is 2.14. The van der Waals surface area contributed by atoms with E-state index in [2.05, 4.69) is 5.32 Å². The van der Waals surface area contributed by atoms with E-state index in [-0.39, 0.29) is 19.0 Å². The van der Waals surface area contributed by atoms with Crippen molar-refractivity contribution in [3.63, 3.8) is 0 Å². The second-order valence-corrected chi connectivity index (χ2v) is 4.34. The van der Waals surface area contributed by atoms with Crippen LogP contribution in [-0.4, -0.2) is 36.3 Å². The van der Waals surface area contributed by atoms with Gasteiger partial charge in [0.25, 0.3) is 5.91 Å². The predicted octanol–water partition coefficient (Wildman–Crippen LogP) is -0.639. The summed E-state index contributed by atoms with van der Waals surface area (Å²) in [5.41, 5.74) is 2.66. The van der Waals surface area contributed by atoms with Crippen LogP contribution in [0.2, 0.25) is 0 Å². The number of hydrogen-bond acceptors (Lipinski definition) is 4. The van der Waals surface area contributed by atoms with E-state index in [0.29, 0.717) is 24.2 Å². The SMILES string of the molecule is NNC(=O)c1ccc(F)c(CN2CCNC(=O)C2)c1. The van der Waals surface area contributed by atoms with Crippen LogP contribution in [0.5, 0.6) is 0 Å². The third-order valence-electron chi connectivity index (χ3n) is 2.95. The van der Waals surface area contributed by atoms with Gasteiger partial charge in [0.05, 0.1) is 6.54 Å². The van der Waals surface area contributed by atoms with Gasteiger partial charge in [-0.2, -0.15) is 0 Å². The highest BCUT2D eigenvalue weighted by molar-refractivity contribution is 5.93. The highest BCUT2D eigenvalue weighted by Gasteiger charge is 2.18. The maximum absolute atomic E-state index is 13.7. The van der Waals surface area contributed by atoms with Gasteiger partial charge in [0.2, 0.25) is 5.91 Å². The lowest BCUT2D eigenvalue weighted by Crippen LogP contribution is -2.47. The molecule has 1 aliphatic rings. The van der Waals surface area contributed by atoms with E-state index >= 15 is 0 Å². The smallest absolute Gasteiger partial charge is 0.265 e. The average molecular weight is 266 g/mol. The van der Waals surface area contributed by atoms with Crippen LogP contribution in [-0.2, 0) is 11.3 Å². The fourth-order valence-corrected chi connectivity index (χ4v) is 1.99. The molecule has 4 N–H and O–H groups in total. The first kappa shape index (κ1) is 13.4. The van der Waals surface area contributed by atoms with Gasteiger partial charge in [0.1, 0.15) is 5.82 Å². The summed E-state index contributed by atoms with van der Waals surface area (Å²) in [5, 5.41) is 2.70. The number of nitrogens with two attached hydrogens (primary N) is 1. The Morgan fingerprint density at radius 2 is 2.32 bits per heavy atom. The number of piperazine rings is 1. The molecule has 2 amide bonds. The summed E-state index contributed by atoms with van der Waals surface area (Å²) in [6.45, 7) is 1.71. The number of halogens is 1. The lowest BCUT2D eigenvalue weighted by atomic mass is 10.1. The van der Waals surface area contributed by atoms with Crippen LogP contribution < -0.4 is 16.6 Å². The van der Waals surface area contributed by atoms with E-state index in [9.17, 15) is 14.0 Å². The largest absolute Gasteiger partial charge is 0.354 e. The fraction of sp³-hybridized carbons (Fsp3) is 0.333. The summed E-state index contributed by atoms with van der Waals surface area (Å²) in [6.07, 6.45) is 0. The molecule has 0 saturated carbocycles. The van der Waals surface area contributed by atoms with Crippen molar-refractivity contribution >= 4 is 11.8 Å². The summed E-state index contributed by atoms with van der Waals surface area (Å²) in [4.78, 5) is 24.4. The van der Waals surface area contributed by atoms with Crippen LogP contribution in [0.1, 0.15) is 15.9 Å². The Kier molecular flexibility index (Phi) is 4.08.